The van der Waals surface area contributed by atoms with Gasteiger partial charge in [0.05, 0.1) is 11.7 Å². The Bertz CT molecular complexity index is 1540. The maximum atomic E-state index is 12.5. The third kappa shape index (κ3) is 7.10. The first-order valence-electron chi connectivity index (χ1n) is 13.3. The van der Waals surface area contributed by atoms with Gasteiger partial charge in [0.1, 0.15) is 23.7 Å². The zero-order valence-corrected chi connectivity index (χ0v) is 23.0. The van der Waals surface area contributed by atoms with Crippen molar-refractivity contribution in [2.45, 2.75) is 6.04 Å². The molecule has 0 spiro atoms. The second-order valence-electron chi connectivity index (χ2n) is 10.1. The Hall–Kier alpha value is -4.68. The van der Waals surface area contributed by atoms with Crippen molar-refractivity contribution in [1.29, 1.82) is 0 Å². The number of rotatable bonds is 11. The first-order chi connectivity index (χ1) is 19.9. The smallest absolute Gasteiger partial charge is 0.248 e. The molecule has 1 aliphatic rings. The van der Waals surface area contributed by atoms with E-state index in [1.165, 1.54) is 6.08 Å². The minimum atomic E-state index is -0.317. The number of amides is 1. The van der Waals surface area contributed by atoms with Gasteiger partial charge in [0.15, 0.2) is 0 Å². The van der Waals surface area contributed by atoms with Crippen LogP contribution in [-0.2, 0) is 4.79 Å². The number of nitrogen functional groups attached to an aromatic ring is 1. The molecule has 5 N–H and O–H groups in total. The molecular formula is C29H33FN10O. The summed E-state index contributed by atoms with van der Waals surface area (Å²) in [6.07, 6.45) is 6.53. The Balaban J connectivity index is 1.32. The number of likely N-dealkylation sites (tertiary alicyclic amines) is 1. The number of alkyl halides is 1. The molecule has 1 aliphatic heterocycles. The molecule has 4 heterocycles. The molecule has 4 aromatic rings. The molecule has 0 atom stereocenters. The summed E-state index contributed by atoms with van der Waals surface area (Å²) in [5.74, 6) is 0.389. The summed E-state index contributed by atoms with van der Waals surface area (Å²) in [5.41, 5.74) is 10.2. The summed E-state index contributed by atoms with van der Waals surface area (Å²) in [7, 11) is 3.86. The van der Waals surface area contributed by atoms with Crippen LogP contribution in [0.2, 0.25) is 0 Å². The molecule has 0 unspecified atom stereocenters. The van der Waals surface area contributed by atoms with Crippen molar-refractivity contribution in [2.75, 3.05) is 68.6 Å². The number of hydrogen-bond donors (Lipinski definition) is 4. The largest absolute Gasteiger partial charge is 0.383 e. The molecule has 1 amide bonds. The third-order valence-corrected chi connectivity index (χ3v) is 6.52. The van der Waals surface area contributed by atoms with E-state index in [9.17, 15) is 9.18 Å². The Labute approximate surface area is 237 Å². The van der Waals surface area contributed by atoms with Gasteiger partial charge in [-0.1, -0.05) is 6.08 Å². The molecule has 1 fully saturated rings. The molecule has 5 rings (SSSR count). The number of nitrogens with two attached hydrogens (primary N) is 1. The zero-order valence-electron chi connectivity index (χ0n) is 23.0. The van der Waals surface area contributed by atoms with Crippen molar-refractivity contribution < 1.29 is 9.18 Å². The van der Waals surface area contributed by atoms with Crippen molar-refractivity contribution in [2.24, 2.45) is 0 Å². The van der Waals surface area contributed by atoms with E-state index < -0.39 is 0 Å². The number of carbonyl (C=O) groups is 1. The number of halogens is 1. The van der Waals surface area contributed by atoms with E-state index in [1.54, 1.807) is 36.7 Å². The topological polar surface area (TPSA) is 137 Å². The number of likely N-dealkylation sites (N-methyl/N-ethyl adjacent to an activating group) is 1. The Kier molecular flexibility index (Phi) is 8.61. The van der Waals surface area contributed by atoms with E-state index in [0.717, 1.165) is 24.5 Å². The van der Waals surface area contributed by atoms with Crippen LogP contribution in [0.1, 0.15) is 0 Å². The number of nitrogens with one attached hydrogen (secondary N) is 3. The molecule has 11 nitrogen and oxygen atoms in total. The molecule has 41 heavy (non-hydrogen) atoms. The van der Waals surface area contributed by atoms with Crippen molar-refractivity contribution in [3.8, 4) is 11.4 Å². The normalized spacial score (nSPS) is 14.0. The average Bonchev–Trinajstić information content (AvgIpc) is 2.92. The fraction of sp³-hybridized carbons (Fsp3) is 0.276. The molecule has 1 aromatic carbocycles. The van der Waals surface area contributed by atoms with Crippen LogP contribution in [0.3, 0.4) is 0 Å². The van der Waals surface area contributed by atoms with Gasteiger partial charge < -0.3 is 26.6 Å². The van der Waals surface area contributed by atoms with Crippen LogP contribution in [0.5, 0.6) is 0 Å². The molecule has 1 saturated heterocycles. The summed E-state index contributed by atoms with van der Waals surface area (Å²) >= 11 is 0. The summed E-state index contributed by atoms with van der Waals surface area (Å²) in [6.45, 7) is 2.50. The number of aromatic nitrogens is 4. The molecule has 0 bridgehead atoms. The fourth-order valence-corrected chi connectivity index (χ4v) is 4.49. The van der Waals surface area contributed by atoms with E-state index >= 15 is 0 Å². The molecule has 12 heteroatoms. The Morgan fingerprint density at radius 2 is 1.83 bits per heavy atom. The van der Waals surface area contributed by atoms with Crippen LogP contribution in [0.25, 0.3) is 22.3 Å². The van der Waals surface area contributed by atoms with Crippen LogP contribution in [0.4, 0.5) is 33.2 Å². The number of fused-ring (bicyclic) bond motifs is 1. The summed E-state index contributed by atoms with van der Waals surface area (Å²) in [4.78, 5) is 34.5. The maximum Gasteiger partial charge on any atom is 0.248 e. The molecule has 0 radical (unpaired) electrons. The van der Waals surface area contributed by atoms with E-state index in [4.69, 9.17) is 10.7 Å². The van der Waals surface area contributed by atoms with E-state index in [-0.39, 0.29) is 12.6 Å². The third-order valence-electron chi connectivity index (χ3n) is 6.52. The summed E-state index contributed by atoms with van der Waals surface area (Å²) < 4.78 is 12.5. The summed E-state index contributed by atoms with van der Waals surface area (Å²) in [6, 6.07) is 13.3. The standard InChI is InChI=1S/C29H33FN10O/c1-39(2)14-3-4-25(41)35-21-9-12-32-24(16-21)27-26-23(10-13-33-27)28(31)38-29(37-26)36-20-7-5-19(6-8-20)34-22-17-40(18-22)15-11-30/h3-10,12-13,16,22,34H,11,14-15,17-18H2,1-2H3,(H,32,35,41)(H3,31,36,37,38)/b4-3+. The van der Waals surface area contributed by atoms with Gasteiger partial charge in [-0.2, -0.15) is 4.98 Å². The second kappa shape index (κ2) is 12.7. The molecule has 0 saturated carbocycles. The first-order valence-corrected chi connectivity index (χ1v) is 13.3. The van der Waals surface area contributed by atoms with Crippen LogP contribution >= 0.6 is 0 Å². The highest BCUT2D eigenvalue weighted by Gasteiger charge is 2.25. The quantitative estimate of drug-likeness (QED) is 0.203. The minimum Gasteiger partial charge on any atom is -0.383 e. The van der Waals surface area contributed by atoms with Gasteiger partial charge in [0.25, 0.3) is 0 Å². The van der Waals surface area contributed by atoms with Crippen LogP contribution in [0, 0.1) is 0 Å². The van der Waals surface area contributed by atoms with Gasteiger partial charge in [-0.05, 0) is 56.6 Å². The van der Waals surface area contributed by atoms with E-state index in [1.807, 2.05) is 43.3 Å². The van der Waals surface area contributed by atoms with Gasteiger partial charge in [-0.3, -0.25) is 19.7 Å². The maximum absolute atomic E-state index is 12.5. The predicted octanol–water partition coefficient (Wildman–Crippen LogP) is 3.53. The summed E-state index contributed by atoms with van der Waals surface area (Å²) in [5, 5.41) is 10.2. The van der Waals surface area contributed by atoms with E-state index in [0.29, 0.717) is 58.9 Å². The van der Waals surface area contributed by atoms with Gasteiger partial charge in [0.2, 0.25) is 11.9 Å². The lowest BCUT2D eigenvalue weighted by atomic mass is 10.1. The van der Waals surface area contributed by atoms with Gasteiger partial charge in [-0.15, -0.1) is 0 Å². The van der Waals surface area contributed by atoms with Gasteiger partial charge in [0, 0.05) is 67.1 Å². The predicted molar refractivity (Wildman–Crippen MR) is 161 cm³/mol. The highest BCUT2D eigenvalue weighted by Crippen LogP contribution is 2.29. The van der Waals surface area contributed by atoms with Crippen molar-refractivity contribution in [3.05, 3.63) is 67.0 Å². The van der Waals surface area contributed by atoms with Crippen molar-refractivity contribution >= 4 is 45.6 Å². The lowest BCUT2D eigenvalue weighted by Gasteiger charge is -2.39. The van der Waals surface area contributed by atoms with Crippen LogP contribution in [-0.4, -0.2) is 88.6 Å². The Morgan fingerprint density at radius 1 is 1.07 bits per heavy atom. The average molecular weight is 557 g/mol. The van der Waals surface area contributed by atoms with Crippen LogP contribution in [0.15, 0.2) is 67.0 Å². The number of nitrogens with zero attached hydrogens (tertiary/aromatic N) is 6. The van der Waals surface area contributed by atoms with Crippen molar-refractivity contribution in [1.82, 2.24) is 29.7 Å². The minimum absolute atomic E-state index is 0.236. The second-order valence-corrected chi connectivity index (χ2v) is 10.1. The fourth-order valence-electron chi connectivity index (χ4n) is 4.49. The zero-order chi connectivity index (χ0) is 28.8. The van der Waals surface area contributed by atoms with Crippen LogP contribution < -0.4 is 21.7 Å². The molecule has 212 valence electrons. The Morgan fingerprint density at radius 3 is 2.59 bits per heavy atom. The number of anilines is 5. The highest BCUT2D eigenvalue weighted by molar-refractivity contribution is 6.00. The number of benzene rings is 1. The van der Waals surface area contributed by atoms with Gasteiger partial charge >= 0.3 is 0 Å². The molecular weight excluding hydrogens is 523 g/mol. The number of hydrogen-bond acceptors (Lipinski definition) is 10. The number of carbonyl (C=O) groups excluding carboxylic acids is 1. The molecule has 3 aromatic heterocycles. The highest BCUT2D eigenvalue weighted by atomic mass is 19.1. The SMILES string of the molecule is CN(C)C/C=C/C(=O)Nc1ccnc(-c2nccc3c(N)nc(Nc4ccc(NC5CN(CCF)C5)cc4)nc23)c1. The van der Waals surface area contributed by atoms with Gasteiger partial charge in [-0.25, -0.2) is 9.37 Å². The lowest BCUT2D eigenvalue weighted by Crippen LogP contribution is -2.55. The monoisotopic (exact) mass is 556 g/mol. The number of pyridine rings is 2. The lowest BCUT2D eigenvalue weighted by molar-refractivity contribution is -0.111. The van der Waals surface area contributed by atoms with Crippen molar-refractivity contribution in [3.63, 3.8) is 0 Å². The van der Waals surface area contributed by atoms with E-state index in [2.05, 4.69) is 35.8 Å². The first kappa shape index (κ1) is 27.9. The molecule has 0 aliphatic carbocycles.